The summed E-state index contributed by atoms with van der Waals surface area (Å²) in [5.74, 6) is 1.23. The summed E-state index contributed by atoms with van der Waals surface area (Å²) < 4.78 is 10.6. The van der Waals surface area contributed by atoms with Gasteiger partial charge in [0.1, 0.15) is 0 Å². The van der Waals surface area contributed by atoms with Crippen LogP contribution in [0.1, 0.15) is 25.0 Å². The van der Waals surface area contributed by atoms with E-state index in [2.05, 4.69) is 10.3 Å². The van der Waals surface area contributed by atoms with Crippen molar-refractivity contribution in [2.45, 2.75) is 25.8 Å². The minimum atomic E-state index is -0.706. The molecule has 0 radical (unpaired) electrons. The van der Waals surface area contributed by atoms with E-state index in [-0.39, 0.29) is 5.91 Å². The number of benzene rings is 2. The van der Waals surface area contributed by atoms with Crippen LogP contribution >= 0.6 is 11.6 Å². The SMILES string of the molecule is COc1ccc(CNC(=O)C(C)(C)c2c[nH]c3cc(Cl)ccc23)cc1OC. The van der Waals surface area contributed by atoms with Gasteiger partial charge in [0.05, 0.1) is 19.6 Å². The molecule has 1 aromatic heterocycles. The topological polar surface area (TPSA) is 63.3 Å². The van der Waals surface area contributed by atoms with Gasteiger partial charge in [-0.2, -0.15) is 0 Å². The highest BCUT2D eigenvalue weighted by Crippen LogP contribution is 2.32. The molecule has 0 saturated carbocycles. The van der Waals surface area contributed by atoms with E-state index in [0.29, 0.717) is 23.1 Å². The van der Waals surface area contributed by atoms with E-state index in [4.69, 9.17) is 21.1 Å². The summed E-state index contributed by atoms with van der Waals surface area (Å²) >= 11 is 6.05. The third-order valence-corrected chi connectivity index (χ3v) is 5.02. The van der Waals surface area contributed by atoms with Gasteiger partial charge >= 0.3 is 0 Å². The number of H-pyrrole nitrogens is 1. The number of aromatic nitrogens is 1. The molecule has 1 heterocycles. The van der Waals surface area contributed by atoms with Crippen LogP contribution in [0.4, 0.5) is 0 Å². The molecular formula is C21H23ClN2O3. The summed E-state index contributed by atoms with van der Waals surface area (Å²) in [5.41, 5.74) is 2.07. The number of rotatable bonds is 6. The van der Waals surface area contributed by atoms with E-state index < -0.39 is 5.41 Å². The molecule has 0 saturated heterocycles. The molecule has 142 valence electrons. The van der Waals surface area contributed by atoms with Crippen LogP contribution in [0, 0.1) is 0 Å². The largest absolute Gasteiger partial charge is 0.493 e. The number of methoxy groups -OCH3 is 2. The summed E-state index contributed by atoms with van der Waals surface area (Å²) in [6.45, 7) is 4.22. The van der Waals surface area contributed by atoms with Gasteiger partial charge in [-0.05, 0) is 49.2 Å². The Morgan fingerprint density at radius 2 is 1.85 bits per heavy atom. The highest BCUT2D eigenvalue weighted by Gasteiger charge is 2.32. The molecule has 0 bridgehead atoms. The molecule has 3 rings (SSSR count). The maximum Gasteiger partial charge on any atom is 0.230 e. The van der Waals surface area contributed by atoms with Gasteiger partial charge < -0.3 is 19.8 Å². The average Bonchev–Trinajstić information content (AvgIpc) is 3.09. The lowest BCUT2D eigenvalue weighted by Crippen LogP contribution is -2.39. The number of aromatic amines is 1. The number of hydrogen-bond donors (Lipinski definition) is 2. The average molecular weight is 387 g/mol. The molecule has 0 aliphatic carbocycles. The van der Waals surface area contributed by atoms with Crippen LogP contribution < -0.4 is 14.8 Å². The van der Waals surface area contributed by atoms with Crippen LogP contribution in [0.15, 0.2) is 42.6 Å². The fourth-order valence-electron chi connectivity index (χ4n) is 3.13. The number of amides is 1. The first-order valence-electron chi connectivity index (χ1n) is 8.63. The van der Waals surface area contributed by atoms with E-state index in [0.717, 1.165) is 22.0 Å². The van der Waals surface area contributed by atoms with Crippen molar-refractivity contribution in [1.82, 2.24) is 10.3 Å². The second-order valence-electron chi connectivity index (χ2n) is 6.89. The van der Waals surface area contributed by atoms with Crippen LogP contribution in [-0.2, 0) is 16.8 Å². The lowest BCUT2D eigenvalue weighted by atomic mass is 9.83. The molecule has 0 spiro atoms. The van der Waals surface area contributed by atoms with Gasteiger partial charge in [0.25, 0.3) is 0 Å². The molecule has 2 aromatic carbocycles. The van der Waals surface area contributed by atoms with Gasteiger partial charge in [0, 0.05) is 28.7 Å². The molecule has 5 nitrogen and oxygen atoms in total. The summed E-state index contributed by atoms with van der Waals surface area (Å²) in [7, 11) is 3.18. The molecule has 0 atom stereocenters. The number of halogens is 1. The van der Waals surface area contributed by atoms with Crippen LogP contribution in [0.2, 0.25) is 5.02 Å². The first-order chi connectivity index (χ1) is 12.9. The zero-order valence-corrected chi connectivity index (χ0v) is 16.6. The monoisotopic (exact) mass is 386 g/mol. The summed E-state index contributed by atoms with van der Waals surface area (Å²) in [4.78, 5) is 16.1. The molecule has 0 fully saturated rings. The predicted molar refractivity (Wildman–Crippen MR) is 108 cm³/mol. The van der Waals surface area contributed by atoms with Gasteiger partial charge in [0.2, 0.25) is 5.91 Å². The first-order valence-corrected chi connectivity index (χ1v) is 9.01. The summed E-state index contributed by atoms with van der Waals surface area (Å²) in [6.07, 6.45) is 1.87. The van der Waals surface area contributed by atoms with Gasteiger partial charge in [-0.15, -0.1) is 0 Å². The Morgan fingerprint density at radius 1 is 1.11 bits per heavy atom. The summed E-state index contributed by atoms with van der Waals surface area (Å²) in [6, 6.07) is 11.2. The number of hydrogen-bond acceptors (Lipinski definition) is 3. The lowest BCUT2D eigenvalue weighted by Gasteiger charge is -2.23. The van der Waals surface area contributed by atoms with E-state index in [1.54, 1.807) is 14.2 Å². The predicted octanol–water partition coefficient (Wildman–Crippen LogP) is 4.43. The number of nitrogens with one attached hydrogen (secondary N) is 2. The molecule has 0 aliphatic rings. The summed E-state index contributed by atoms with van der Waals surface area (Å²) in [5, 5.41) is 4.67. The molecule has 2 N–H and O–H groups in total. The maximum absolute atomic E-state index is 12.9. The van der Waals surface area contributed by atoms with E-state index >= 15 is 0 Å². The number of carbonyl (C=O) groups is 1. The quantitative estimate of drug-likeness (QED) is 0.658. The van der Waals surface area contributed by atoms with Crippen molar-refractivity contribution < 1.29 is 14.3 Å². The molecule has 3 aromatic rings. The molecule has 6 heteroatoms. The van der Waals surface area contributed by atoms with Crippen molar-refractivity contribution in [2.75, 3.05) is 14.2 Å². The Balaban J connectivity index is 1.78. The molecular weight excluding hydrogens is 364 g/mol. The van der Waals surface area contributed by atoms with Crippen molar-refractivity contribution in [3.8, 4) is 11.5 Å². The van der Waals surface area contributed by atoms with E-state index in [1.807, 2.05) is 56.4 Å². The fraction of sp³-hybridized carbons (Fsp3) is 0.286. The van der Waals surface area contributed by atoms with Gasteiger partial charge in [-0.25, -0.2) is 0 Å². The fourth-order valence-corrected chi connectivity index (χ4v) is 3.30. The van der Waals surface area contributed by atoms with Crippen molar-refractivity contribution in [1.29, 1.82) is 0 Å². The number of ether oxygens (including phenoxy) is 2. The first kappa shape index (κ1) is 19.1. The molecule has 27 heavy (non-hydrogen) atoms. The zero-order chi connectivity index (χ0) is 19.6. The lowest BCUT2D eigenvalue weighted by molar-refractivity contribution is -0.125. The van der Waals surface area contributed by atoms with Crippen molar-refractivity contribution in [2.24, 2.45) is 0 Å². The van der Waals surface area contributed by atoms with Gasteiger partial charge in [0.15, 0.2) is 11.5 Å². The minimum absolute atomic E-state index is 0.0619. The third-order valence-electron chi connectivity index (χ3n) is 4.79. The van der Waals surface area contributed by atoms with E-state index in [1.165, 1.54) is 0 Å². The Kier molecular flexibility index (Phi) is 5.33. The minimum Gasteiger partial charge on any atom is -0.493 e. The van der Waals surface area contributed by atoms with Crippen molar-refractivity contribution in [3.05, 3.63) is 58.7 Å². The Morgan fingerprint density at radius 3 is 2.56 bits per heavy atom. The zero-order valence-electron chi connectivity index (χ0n) is 15.9. The molecule has 1 amide bonds. The molecule has 0 aliphatic heterocycles. The van der Waals surface area contributed by atoms with Crippen LogP contribution in [0.5, 0.6) is 11.5 Å². The van der Waals surface area contributed by atoms with Gasteiger partial charge in [-0.3, -0.25) is 4.79 Å². The van der Waals surface area contributed by atoms with Crippen LogP contribution in [0.3, 0.4) is 0 Å². The normalized spacial score (nSPS) is 11.4. The Bertz CT molecular complexity index is 979. The van der Waals surface area contributed by atoms with Gasteiger partial charge in [-0.1, -0.05) is 23.7 Å². The number of carbonyl (C=O) groups excluding carboxylic acids is 1. The van der Waals surface area contributed by atoms with Crippen molar-refractivity contribution >= 4 is 28.4 Å². The van der Waals surface area contributed by atoms with E-state index in [9.17, 15) is 4.79 Å². The smallest absolute Gasteiger partial charge is 0.230 e. The second kappa shape index (κ2) is 7.53. The number of fused-ring (bicyclic) bond motifs is 1. The highest BCUT2D eigenvalue weighted by atomic mass is 35.5. The second-order valence-corrected chi connectivity index (χ2v) is 7.33. The van der Waals surface area contributed by atoms with Crippen LogP contribution in [-0.4, -0.2) is 25.1 Å². The molecule has 0 unspecified atom stereocenters. The third kappa shape index (κ3) is 3.74. The standard InChI is InChI=1S/C21H23ClN2O3/c1-21(2,16-12-23-17-10-14(22)6-7-15(16)17)20(25)24-11-13-5-8-18(26-3)19(9-13)27-4/h5-10,12,23H,11H2,1-4H3,(H,24,25). The van der Waals surface area contributed by atoms with Crippen LogP contribution in [0.25, 0.3) is 10.9 Å². The highest BCUT2D eigenvalue weighted by molar-refractivity contribution is 6.31. The Hall–Kier alpha value is -2.66. The van der Waals surface area contributed by atoms with Crippen molar-refractivity contribution in [3.63, 3.8) is 0 Å². The maximum atomic E-state index is 12.9. The Labute approximate surface area is 163 Å².